The second-order valence-corrected chi connectivity index (χ2v) is 11.8. The highest BCUT2D eigenvalue weighted by molar-refractivity contribution is 5.97. The van der Waals surface area contributed by atoms with E-state index in [4.69, 9.17) is 14.2 Å². The highest BCUT2D eigenvalue weighted by Gasteiger charge is 2.55. The van der Waals surface area contributed by atoms with Crippen LogP contribution in [0.25, 0.3) is 0 Å². The Morgan fingerprint density at radius 3 is 1.89 bits per heavy atom. The first-order chi connectivity index (χ1) is 22.0. The monoisotopic (exact) mass is 630 g/mol. The van der Waals surface area contributed by atoms with E-state index in [1.165, 1.54) is 42.5 Å². The minimum absolute atomic E-state index is 0.00232. The summed E-state index contributed by atoms with van der Waals surface area (Å²) in [5.74, 6) is -4.01. The summed E-state index contributed by atoms with van der Waals surface area (Å²) in [5.41, 5.74) is 2.18. The van der Waals surface area contributed by atoms with E-state index >= 15 is 0 Å². The number of aliphatic hydroxyl groups excluding tert-OH is 3. The summed E-state index contributed by atoms with van der Waals surface area (Å²) >= 11 is 0. The molecule has 0 bridgehead atoms. The first-order valence-electron chi connectivity index (χ1n) is 14.6. The molecule has 12 heteroatoms. The minimum atomic E-state index is -1.68. The number of carbonyl (C=O) groups is 1. The van der Waals surface area contributed by atoms with Gasteiger partial charge >= 0.3 is 5.97 Å². The molecule has 1 saturated heterocycles. The average molecular weight is 631 g/mol. The molecule has 8 N–H and O–H groups in total. The Labute approximate surface area is 261 Å². The van der Waals surface area contributed by atoms with Crippen LogP contribution in [-0.2, 0) is 9.47 Å². The minimum Gasteiger partial charge on any atom is -0.508 e. The Morgan fingerprint density at radius 1 is 0.652 bits per heavy atom. The van der Waals surface area contributed by atoms with Gasteiger partial charge in [-0.3, -0.25) is 0 Å². The Bertz CT molecular complexity index is 1780. The number of aliphatic hydroxyl groups is 3. The van der Waals surface area contributed by atoms with Gasteiger partial charge in [0, 0.05) is 35.4 Å². The number of carbonyl (C=O) groups excluding carboxylic acids is 1. The van der Waals surface area contributed by atoms with Gasteiger partial charge in [-0.25, -0.2) is 4.79 Å². The summed E-state index contributed by atoms with van der Waals surface area (Å²) in [5, 5.41) is 83.6. The Balaban J connectivity index is 1.51. The predicted octanol–water partition coefficient (Wildman–Crippen LogP) is 2.96. The third-order valence-electron chi connectivity index (χ3n) is 8.98. The number of hydrogen-bond donors (Lipinski definition) is 8. The van der Waals surface area contributed by atoms with Crippen molar-refractivity contribution in [1.82, 2.24) is 0 Å². The smallest absolute Gasteiger partial charge is 0.342 e. The largest absolute Gasteiger partial charge is 0.508 e. The molecule has 0 aromatic heterocycles. The molecule has 12 nitrogen and oxygen atoms in total. The third-order valence-corrected chi connectivity index (χ3v) is 8.98. The molecule has 0 radical (unpaired) electrons. The number of benzene rings is 4. The van der Waals surface area contributed by atoms with Crippen molar-refractivity contribution >= 4 is 5.97 Å². The van der Waals surface area contributed by atoms with E-state index in [9.17, 15) is 45.6 Å². The lowest BCUT2D eigenvalue weighted by atomic mass is 9.74. The lowest BCUT2D eigenvalue weighted by molar-refractivity contribution is -0.242. The molecule has 1 fully saturated rings. The van der Waals surface area contributed by atoms with E-state index in [0.717, 1.165) is 6.07 Å². The molecule has 0 saturated carbocycles. The van der Waals surface area contributed by atoms with Gasteiger partial charge in [-0.1, -0.05) is 24.3 Å². The molecule has 4 aromatic rings. The lowest BCUT2D eigenvalue weighted by Gasteiger charge is -2.36. The molecule has 8 atom stereocenters. The van der Waals surface area contributed by atoms with Gasteiger partial charge in [0.2, 0.25) is 6.29 Å². The molecule has 3 aliphatic rings. The topological polar surface area (TPSA) is 207 Å². The van der Waals surface area contributed by atoms with Crippen LogP contribution in [0.5, 0.6) is 34.5 Å². The molecule has 7 rings (SSSR count). The van der Waals surface area contributed by atoms with E-state index in [-0.39, 0.29) is 40.9 Å². The highest BCUT2D eigenvalue weighted by atomic mass is 16.7. The van der Waals surface area contributed by atoms with Crippen molar-refractivity contribution in [2.24, 2.45) is 0 Å². The molecule has 0 spiro atoms. The maximum atomic E-state index is 13.6. The molecule has 46 heavy (non-hydrogen) atoms. The van der Waals surface area contributed by atoms with Gasteiger partial charge in [0.1, 0.15) is 64.5 Å². The summed E-state index contributed by atoms with van der Waals surface area (Å²) in [7, 11) is 0. The fourth-order valence-electron chi connectivity index (χ4n) is 7.03. The quantitative estimate of drug-likeness (QED) is 0.150. The SMILES string of the molecule is O=C1O[C@@H](c2ccc(O)cc2)[C@H]2c3c1c(O)cc(O[C@H]1OC[C@@H](O)[C@@H](O)[C@@H]1O)c3[C@H](c1cc(O)cc(O)c1)[C@@H]2c1ccc(O)cc1. The van der Waals surface area contributed by atoms with E-state index in [0.29, 0.717) is 27.8 Å². The maximum absolute atomic E-state index is 13.6. The number of ether oxygens (including phenoxy) is 3. The lowest BCUT2D eigenvalue weighted by Crippen LogP contribution is -2.54. The van der Waals surface area contributed by atoms with Gasteiger partial charge in [0.05, 0.1) is 6.61 Å². The van der Waals surface area contributed by atoms with Gasteiger partial charge < -0.3 is 55.1 Å². The van der Waals surface area contributed by atoms with Crippen LogP contribution in [0, 0.1) is 0 Å². The zero-order chi connectivity index (χ0) is 32.4. The molecule has 2 aliphatic heterocycles. The zero-order valence-corrected chi connectivity index (χ0v) is 24.0. The molecule has 4 aromatic carbocycles. The van der Waals surface area contributed by atoms with Crippen LogP contribution in [0.3, 0.4) is 0 Å². The standard InChI is InChI=1S/C34H30O12/c35-17-5-1-14(2-6-17)24-25(16-9-19(37)11-20(38)10-16)27-23(45-34-31(42)30(41)22(40)13-44-34)12-21(39)26-28(27)29(24)32(46-33(26)43)15-3-7-18(36)8-4-15/h1-12,22,24-25,29-32,34-42H,13H2/t22-,24+,25-,29-,30-,31+,32+,34-/m1/s1. The van der Waals surface area contributed by atoms with Crippen molar-refractivity contribution in [3.8, 4) is 34.5 Å². The molecular formula is C34H30O12. The van der Waals surface area contributed by atoms with Crippen LogP contribution in [0.15, 0.2) is 72.8 Å². The number of aromatic hydroxyl groups is 5. The van der Waals surface area contributed by atoms with Crippen molar-refractivity contribution in [2.75, 3.05) is 6.61 Å². The van der Waals surface area contributed by atoms with E-state index in [2.05, 4.69) is 0 Å². The first kappa shape index (κ1) is 29.7. The molecule has 1 aliphatic carbocycles. The number of phenolic OH excluding ortho intramolecular Hbond substituents is 5. The molecule has 0 amide bonds. The maximum Gasteiger partial charge on any atom is 0.342 e. The van der Waals surface area contributed by atoms with Crippen molar-refractivity contribution < 1.29 is 59.9 Å². The highest BCUT2D eigenvalue weighted by Crippen LogP contribution is 2.65. The Kier molecular flexibility index (Phi) is 7.17. The van der Waals surface area contributed by atoms with Crippen LogP contribution >= 0.6 is 0 Å². The van der Waals surface area contributed by atoms with Crippen LogP contribution in [0.1, 0.15) is 62.0 Å². The fraction of sp³-hybridized carbons (Fsp3) is 0.265. The second-order valence-electron chi connectivity index (χ2n) is 11.8. The fourth-order valence-corrected chi connectivity index (χ4v) is 7.03. The van der Waals surface area contributed by atoms with Crippen molar-refractivity contribution in [3.05, 3.63) is 106 Å². The molecule has 2 heterocycles. The second kappa shape index (κ2) is 11.1. The summed E-state index contributed by atoms with van der Waals surface area (Å²) in [6, 6.07) is 17.7. The average Bonchev–Trinajstić information content (AvgIpc) is 3.37. The van der Waals surface area contributed by atoms with Gasteiger partial charge in [-0.2, -0.15) is 0 Å². The number of esters is 1. The zero-order valence-electron chi connectivity index (χ0n) is 24.0. The summed E-state index contributed by atoms with van der Waals surface area (Å²) in [6.07, 6.45) is -7.09. The van der Waals surface area contributed by atoms with Crippen LogP contribution in [-0.4, -0.2) is 78.0 Å². The van der Waals surface area contributed by atoms with Crippen LogP contribution in [0.2, 0.25) is 0 Å². The van der Waals surface area contributed by atoms with E-state index in [1.807, 2.05) is 0 Å². The normalized spacial score (nSPS) is 28.4. The van der Waals surface area contributed by atoms with Gasteiger partial charge in [0.25, 0.3) is 0 Å². The predicted molar refractivity (Wildman–Crippen MR) is 158 cm³/mol. The Morgan fingerprint density at radius 2 is 1.26 bits per heavy atom. The van der Waals surface area contributed by atoms with Gasteiger partial charge in [-0.15, -0.1) is 0 Å². The van der Waals surface area contributed by atoms with Crippen LogP contribution < -0.4 is 4.74 Å². The van der Waals surface area contributed by atoms with Crippen molar-refractivity contribution in [1.29, 1.82) is 0 Å². The number of cyclic esters (lactones) is 1. The molecule has 238 valence electrons. The van der Waals surface area contributed by atoms with Gasteiger partial charge in [0.15, 0.2) is 0 Å². The summed E-state index contributed by atoms with van der Waals surface area (Å²) in [4.78, 5) is 13.6. The first-order valence-corrected chi connectivity index (χ1v) is 14.6. The number of phenols is 5. The number of rotatable bonds is 5. The van der Waals surface area contributed by atoms with Crippen LogP contribution in [0.4, 0.5) is 0 Å². The van der Waals surface area contributed by atoms with E-state index < -0.39 is 60.2 Å². The van der Waals surface area contributed by atoms with E-state index in [1.54, 1.807) is 24.3 Å². The van der Waals surface area contributed by atoms with Crippen molar-refractivity contribution in [3.63, 3.8) is 0 Å². The molecular weight excluding hydrogens is 600 g/mol. The van der Waals surface area contributed by atoms with Gasteiger partial charge in [-0.05, 0) is 58.7 Å². The summed E-state index contributed by atoms with van der Waals surface area (Å²) in [6.45, 7) is -0.354. The molecule has 0 unspecified atom stereocenters. The number of hydrogen-bond acceptors (Lipinski definition) is 12. The third kappa shape index (κ3) is 4.83. The Hall–Kier alpha value is -5.01. The summed E-state index contributed by atoms with van der Waals surface area (Å²) < 4.78 is 17.7. The van der Waals surface area contributed by atoms with Crippen molar-refractivity contribution in [2.45, 2.75) is 48.5 Å².